The van der Waals surface area contributed by atoms with Crippen LogP contribution in [0.3, 0.4) is 0 Å². The zero-order chi connectivity index (χ0) is 25.3. The fourth-order valence-corrected chi connectivity index (χ4v) is 2.50. The van der Waals surface area contributed by atoms with Crippen molar-refractivity contribution in [2.45, 2.75) is 64.2 Å². The molecule has 186 valence electrons. The van der Waals surface area contributed by atoms with E-state index in [1.165, 1.54) is 0 Å². The summed E-state index contributed by atoms with van der Waals surface area (Å²) >= 11 is 0. The number of ketones is 1. The van der Waals surface area contributed by atoms with Crippen molar-refractivity contribution in [3.63, 3.8) is 0 Å². The van der Waals surface area contributed by atoms with Gasteiger partial charge in [-0.05, 0) is 18.8 Å². The van der Waals surface area contributed by atoms with Crippen LogP contribution in [0.2, 0.25) is 0 Å². The minimum atomic E-state index is -5.79. The summed E-state index contributed by atoms with van der Waals surface area (Å²) in [6.45, 7) is 2.77. The van der Waals surface area contributed by atoms with Crippen LogP contribution < -0.4 is 21.7 Å². The van der Waals surface area contributed by atoms with Crippen molar-refractivity contribution in [2.75, 3.05) is 13.2 Å². The Morgan fingerprint density at radius 1 is 1.03 bits per heavy atom. The van der Waals surface area contributed by atoms with Gasteiger partial charge in [-0.2, -0.15) is 26.3 Å². The van der Waals surface area contributed by atoms with Crippen molar-refractivity contribution in [1.29, 1.82) is 5.41 Å². The average molecular weight is 479 g/mol. The molecular weight excluding hydrogens is 452 g/mol. The largest absolute Gasteiger partial charge is 0.423 e. The van der Waals surface area contributed by atoms with E-state index in [-0.39, 0.29) is 19.4 Å². The highest BCUT2D eigenvalue weighted by Crippen LogP contribution is 2.35. The lowest BCUT2D eigenvalue weighted by molar-refractivity contribution is -0.319. The minimum absolute atomic E-state index is 0.0445. The SMILES string of the molecule is CC(=O)N[C@H](C(=O)N[C@@H](CCCNC(=N)N)C(=O)COC(C(F)(F)F)C(F)(F)F)C(C)C. The molecule has 0 saturated carbocycles. The highest BCUT2D eigenvalue weighted by molar-refractivity contribution is 5.93. The monoisotopic (exact) mass is 479 g/mol. The summed E-state index contributed by atoms with van der Waals surface area (Å²) in [7, 11) is 0. The number of guanidine groups is 1. The van der Waals surface area contributed by atoms with E-state index in [1.54, 1.807) is 13.8 Å². The number of rotatable bonds is 12. The number of hydrogen-bond acceptors (Lipinski definition) is 5. The van der Waals surface area contributed by atoms with Gasteiger partial charge in [-0.1, -0.05) is 13.8 Å². The summed E-state index contributed by atoms with van der Waals surface area (Å²) in [4.78, 5) is 36.1. The van der Waals surface area contributed by atoms with Crippen LogP contribution in [0.5, 0.6) is 0 Å². The predicted octanol–water partition coefficient (Wildman–Crippen LogP) is 0.974. The molecule has 0 heterocycles. The van der Waals surface area contributed by atoms with Crippen molar-refractivity contribution < 1.29 is 45.5 Å². The van der Waals surface area contributed by atoms with Gasteiger partial charge in [0.25, 0.3) is 0 Å². The topological polar surface area (TPSA) is 146 Å². The van der Waals surface area contributed by atoms with Gasteiger partial charge in [0.2, 0.25) is 17.9 Å². The molecule has 0 aromatic rings. The van der Waals surface area contributed by atoms with Crippen molar-refractivity contribution >= 4 is 23.6 Å². The number of nitrogens with one attached hydrogen (secondary N) is 4. The van der Waals surface area contributed by atoms with Crippen LogP contribution in [-0.2, 0) is 19.1 Å². The first-order chi connectivity index (χ1) is 14.5. The molecule has 2 atom stereocenters. The van der Waals surface area contributed by atoms with Gasteiger partial charge < -0.3 is 26.4 Å². The van der Waals surface area contributed by atoms with Gasteiger partial charge in [-0.3, -0.25) is 19.8 Å². The molecule has 0 radical (unpaired) electrons. The molecule has 0 rings (SSSR count). The van der Waals surface area contributed by atoms with E-state index in [0.29, 0.717) is 0 Å². The molecule has 15 heteroatoms. The molecule has 0 fully saturated rings. The molecule has 32 heavy (non-hydrogen) atoms. The van der Waals surface area contributed by atoms with Crippen LogP contribution in [0.1, 0.15) is 33.6 Å². The Morgan fingerprint density at radius 2 is 1.56 bits per heavy atom. The van der Waals surface area contributed by atoms with Gasteiger partial charge in [0.15, 0.2) is 11.7 Å². The van der Waals surface area contributed by atoms with Gasteiger partial charge in [0.05, 0.1) is 6.04 Å². The van der Waals surface area contributed by atoms with Gasteiger partial charge in [-0.15, -0.1) is 0 Å². The number of ether oxygens (including phenoxy) is 1. The van der Waals surface area contributed by atoms with Crippen LogP contribution in [0.25, 0.3) is 0 Å². The Kier molecular flexibility index (Phi) is 11.5. The number of hydrogen-bond donors (Lipinski definition) is 5. The fraction of sp³-hybridized carbons (Fsp3) is 0.765. The highest BCUT2D eigenvalue weighted by atomic mass is 19.4. The van der Waals surface area contributed by atoms with Crippen LogP contribution in [0.4, 0.5) is 26.3 Å². The van der Waals surface area contributed by atoms with E-state index in [1.807, 2.05) is 0 Å². The summed E-state index contributed by atoms with van der Waals surface area (Å²) in [6, 6.07) is -2.61. The number of carbonyl (C=O) groups excluding carboxylic acids is 3. The molecule has 0 saturated heterocycles. The molecule has 0 aliphatic heterocycles. The maximum atomic E-state index is 12.6. The van der Waals surface area contributed by atoms with Gasteiger partial charge in [0.1, 0.15) is 12.6 Å². The van der Waals surface area contributed by atoms with E-state index in [2.05, 4.69) is 20.7 Å². The summed E-state index contributed by atoms with van der Waals surface area (Å²) in [5.41, 5.74) is 5.09. The average Bonchev–Trinajstić information content (AvgIpc) is 2.59. The van der Waals surface area contributed by atoms with Crippen LogP contribution in [0.15, 0.2) is 0 Å². The normalized spacial score (nSPS) is 14.1. The number of halogens is 6. The molecule has 0 aliphatic rings. The molecule has 0 aromatic carbocycles. The second-order valence-corrected chi connectivity index (χ2v) is 7.21. The number of nitrogens with two attached hydrogens (primary N) is 1. The molecule has 2 amide bonds. The van der Waals surface area contributed by atoms with Gasteiger partial charge in [0, 0.05) is 13.5 Å². The predicted molar refractivity (Wildman–Crippen MR) is 100 cm³/mol. The number of amides is 2. The molecule has 6 N–H and O–H groups in total. The standard InChI is InChI=1S/C17H27F6N5O4/c1-8(2)12(27-9(3)29)13(31)28-10(5-4-6-26-15(24)25)11(30)7-32-14(16(18,19)20)17(21,22)23/h8,10,12,14H,4-7H2,1-3H3,(H,27,29)(H,28,31)(H4,24,25,26)/t10-,12-/m0/s1. The van der Waals surface area contributed by atoms with Crippen molar-refractivity contribution in [2.24, 2.45) is 11.7 Å². The van der Waals surface area contributed by atoms with E-state index in [4.69, 9.17) is 11.1 Å². The molecule has 0 aliphatic carbocycles. The molecule has 9 nitrogen and oxygen atoms in total. The molecule has 0 unspecified atom stereocenters. The second kappa shape index (κ2) is 12.5. The quantitative estimate of drug-likeness (QED) is 0.122. The lowest BCUT2D eigenvalue weighted by Crippen LogP contribution is -2.54. The Morgan fingerprint density at radius 3 is 1.97 bits per heavy atom. The fourth-order valence-electron chi connectivity index (χ4n) is 2.50. The summed E-state index contributed by atoms with van der Waals surface area (Å²) in [5.74, 6) is -3.48. The molecule has 0 aromatic heterocycles. The Balaban J connectivity index is 5.40. The third-order valence-corrected chi connectivity index (χ3v) is 3.98. The molecular formula is C17H27F6N5O4. The lowest BCUT2D eigenvalue weighted by atomic mass is 10.0. The zero-order valence-electron chi connectivity index (χ0n) is 17.6. The third-order valence-electron chi connectivity index (χ3n) is 3.98. The molecule has 0 bridgehead atoms. The van der Waals surface area contributed by atoms with Crippen molar-refractivity contribution in [1.82, 2.24) is 16.0 Å². The number of Topliss-reactive ketones (excluding diaryl/α,β-unsaturated/α-hetero) is 1. The summed E-state index contributed by atoms with van der Waals surface area (Å²) < 4.78 is 79.5. The maximum absolute atomic E-state index is 12.6. The first-order valence-corrected chi connectivity index (χ1v) is 9.39. The van der Waals surface area contributed by atoms with E-state index >= 15 is 0 Å². The second-order valence-electron chi connectivity index (χ2n) is 7.21. The summed E-state index contributed by atoms with van der Waals surface area (Å²) in [6.07, 6.45) is -15.9. The van der Waals surface area contributed by atoms with Crippen LogP contribution >= 0.6 is 0 Å². The first-order valence-electron chi connectivity index (χ1n) is 9.39. The first kappa shape index (κ1) is 29.4. The number of alkyl halides is 6. The van der Waals surface area contributed by atoms with Crippen molar-refractivity contribution in [3.8, 4) is 0 Å². The highest BCUT2D eigenvalue weighted by Gasteiger charge is 2.58. The Hall–Kier alpha value is -2.58. The zero-order valence-corrected chi connectivity index (χ0v) is 17.6. The van der Waals surface area contributed by atoms with Gasteiger partial charge in [-0.25, -0.2) is 0 Å². The van der Waals surface area contributed by atoms with E-state index in [0.717, 1.165) is 6.92 Å². The van der Waals surface area contributed by atoms with Gasteiger partial charge >= 0.3 is 12.4 Å². The lowest BCUT2D eigenvalue weighted by Gasteiger charge is -2.26. The maximum Gasteiger partial charge on any atom is 0.423 e. The summed E-state index contributed by atoms with van der Waals surface area (Å²) in [5, 5.41) is 14.0. The van der Waals surface area contributed by atoms with E-state index in [9.17, 15) is 40.7 Å². The van der Waals surface area contributed by atoms with Crippen LogP contribution in [0, 0.1) is 11.3 Å². The van der Waals surface area contributed by atoms with Crippen molar-refractivity contribution in [3.05, 3.63) is 0 Å². The smallest absolute Gasteiger partial charge is 0.370 e. The Labute approximate surface area is 180 Å². The van der Waals surface area contributed by atoms with Crippen LogP contribution in [-0.4, -0.2) is 67.2 Å². The third kappa shape index (κ3) is 11.2. The minimum Gasteiger partial charge on any atom is -0.370 e. The molecule has 0 spiro atoms. The van der Waals surface area contributed by atoms with E-state index < -0.39 is 66.6 Å². The number of carbonyl (C=O) groups is 3. The Bertz CT molecular complexity index is 655.